The predicted octanol–water partition coefficient (Wildman–Crippen LogP) is 4.56. The van der Waals surface area contributed by atoms with Gasteiger partial charge in [-0.15, -0.1) is 0 Å². The molecule has 0 unspecified atom stereocenters. The van der Waals surface area contributed by atoms with Gasteiger partial charge >= 0.3 is 0 Å². The predicted molar refractivity (Wildman–Crippen MR) is 137 cm³/mol. The number of carbonyl (C=O) groups is 2. The summed E-state index contributed by atoms with van der Waals surface area (Å²) in [5.41, 5.74) is 3.61. The molecule has 0 saturated heterocycles. The van der Waals surface area contributed by atoms with Gasteiger partial charge in [0.1, 0.15) is 5.75 Å². The number of aromatic nitrogens is 1. The summed E-state index contributed by atoms with van der Waals surface area (Å²) in [4.78, 5) is 26.5. The highest BCUT2D eigenvalue weighted by molar-refractivity contribution is 6.30. The Labute approximate surface area is 209 Å². The molecule has 1 heterocycles. The molecule has 2 N–H and O–H groups in total. The molecule has 1 aromatic heterocycles. The number of amides is 1. The number of rotatable bonds is 8. The molecular weight excluding hydrogens is 464 g/mol. The average molecular weight is 491 g/mol. The molecule has 0 spiro atoms. The first kappa shape index (κ1) is 24.5. The molecule has 6 nitrogen and oxygen atoms in total. The topological polar surface area (TPSA) is 80.6 Å². The summed E-state index contributed by atoms with van der Waals surface area (Å²) < 4.78 is 7.01. The molecule has 1 amide bonds. The van der Waals surface area contributed by atoms with Crippen LogP contribution in [0.3, 0.4) is 0 Å². The zero-order valence-corrected chi connectivity index (χ0v) is 20.4. The highest BCUT2D eigenvalue weighted by Crippen LogP contribution is 2.31. The van der Waals surface area contributed by atoms with Crippen LogP contribution in [0, 0.1) is 6.92 Å². The van der Waals surface area contributed by atoms with Crippen LogP contribution >= 0.6 is 11.6 Å². The number of halogens is 1. The second-order valence-corrected chi connectivity index (χ2v) is 8.84. The Bertz CT molecular complexity index is 1350. The van der Waals surface area contributed by atoms with Gasteiger partial charge < -0.3 is 15.2 Å². The molecule has 0 saturated carbocycles. The van der Waals surface area contributed by atoms with E-state index in [-0.39, 0.29) is 24.8 Å². The lowest BCUT2D eigenvalue weighted by Crippen LogP contribution is -2.40. The number of nitrogens with zero attached hydrogens (tertiary/aromatic N) is 1. The number of hydrogen-bond donors (Lipinski definition) is 2. The van der Waals surface area contributed by atoms with E-state index in [1.165, 1.54) is 0 Å². The zero-order valence-electron chi connectivity index (χ0n) is 19.6. The fourth-order valence-corrected chi connectivity index (χ4v) is 4.42. The standard InChI is InChI=1S/C28H27ClN2O4/c1-18-24(16-27(33)30-22(17-32)14-19-6-4-3-5-7-19)25-15-23(35-2)12-13-26(25)31(18)28(34)20-8-10-21(29)11-9-20/h3-13,15,22,32H,14,16-17H2,1-2H3,(H,30,33)/t22-/m1/s1. The Morgan fingerprint density at radius 1 is 1.06 bits per heavy atom. The van der Waals surface area contributed by atoms with Gasteiger partial charge in [-0.25, -0.2) is 0 Å². The highest BCUT2D eigenvalue weighted by atomic mass is 35.5. The van der Waals surface area contributed by atoms with Crippen molar-refractivity contribution in [1.29, 1.82) is 0 Å². The van der Waals surface area contributed by atoms with Crippen molar-refractivity contribution in [3.8, 4) is 5.75 Å². The van der Waals surface area contributed by atoms with Crippen LogP contribution in [0.15, 0.2) is 72.8 Å². The van der Waals surface area contributed by atoms with E-state index in [1.807, 2.05) is 49.4 Å². The van der Waals surface area contributed by atoms with Gasteiger partial charge in [-0.2, -0.15) is 0 Å². The molecule has 7 heteroatoms. The van der Waals surface area contributed by atoms with Crippen LogP contribution in [-0.2, 0) is 17.6 Å². The van der Waals surface area contributed by atoms with Crippen molar-refractivity contribution in [2.75, 3.05) is 13.7 Å². The number of aliphatic hydroxyl groups is 1. The number of aliphatic hydroxyl groups excluding tert-OH is 1. The third kappa shape index (κ3) is 5.39. The number of methoxy groups -OCH3 is 1. The van der Waals surface area contributed by atoms with Crippen molar-refractivity contribution in [3.63, 3.8) is 0 Å². The van der Waals surface area contributed by atoms with Crippen LogP contribution in [0.5, 0.6) is 5.75 Å². The first-order chi connectivity index (χ1) is 16.9. The SMILES string of the molecule is COc1ccc2c(c1)c(CC(=O)N[C@@H](CO)Cc1ccccc1)c(C)n2C(=O)c1ccc(Cl)cc1. The van der Waals surface area contributed by atoms with Crippen LogP contribution in [-0.4, -0.2) is 41.2 Å². The van der Waals surface area contributed by atoms with E-state index in [4.69, 9.17) is 16.3 Å². The van der Waals surface area contributed by atoms with E-state index in [2.05, 4.69) is 5.32 Å². The lowest BCUT2D eigenvalue weighted by atomic mass is 10.0. The van der Waals surface area contributed by atoms with Crippen LogP contribution in [0.1, 0.15) is 27.2 Å². The summed E-state index contributed by atoms with van der Waals surface area (Å²) in [6, 6.07) is 21.4. The zero-order chi connectivity index (χ0) is 24.9. The minimum Gasteiger partial charge on any atom is -0.497 e. The van der Waals surface area contributed by atoms with E-state index in [0.717, 1.165) is 16.5 Å². The van der Waals surface area contributed by atoms with Crippen LogP contribution < -0.4 is 10.1 Å². The maximum Gasteiger partial charge on any atom is 0.262 e. The molecule has 180 valence electrons. The fourth-order valence-electron chi connectivity index (χ4n) is 4.29. The molecule has 0 radical (unpaired) electrons. The summed E-state index contributed by atoms with van der Waals surface area (Å²) in [6.45, 7) is 1.65. The minimum atomic E-state index is -0.413. The normalized spacial score (nSPS) is 11.9. The monoisotopic (exact) mass is 490 g/mol. The molecule has 4 rings (SSSR count). The highest BCUT2D eigenvalue weighted by Gasteiger charge is 2.23. The molecule has 35 heavy (non-hydrogen) atoms. The molecular formula is C28H27ClN2O4. The smallest absolute Gasteiger partial charge is 0.262 e. The molecule has 0 bridgehead atoms. The van der Waals surface area contributed by atoms with Gasteiger partial charge in [0.2, 0.25) is 5.91 Å². The fraction of sp³-hybridized carbons (Fsp3) is 0.214. The van der Waals surface area contributed by atoms with Gasteiger partial charge in [0.15, 0.2) is 0 Å². The van der Waals surface area contributed by atoms with Crippen molar-refractivity contribution in [1.82, 2.24) is 9.88 Å². The Morgan fingerprint density at radius 2 is 1.77 bits per heavy atom. The van der Waals surface area contributed by atoms with Gasteiger partial charge in [0.05, 0.1) is 31.7 Å². The quantitative estimate of drug-likeness (QED) is 0.379. The van der Waals surface area contributed by atoms with E-state index < -0.39 is 6.04 Å². The van der Waals surface area contributed by atoms with E-state index in [9.17, 15) is 14.7 Å². The van der Waals surface area contributed by atoms with Crippen LogP contribution in [0.4, 0.5) is 0 Å². The Morgan fingerprint density at radius 3 is 2.43 bits per heavy atom. The van der Waals surface area contributed by atoms with Crippen molar-refractivity contribution in [3.05, 3.63) is 100 Å². The van der Waals surface area contributed by atoms with E-state index >= 15 is 0 Å². The molecule has 0 aliphatic heterocycles. The second-order valence-electron chi connectivity index (χ2n) is 8.41. The molecule has 1 atom stereocenters. The summed E-state index contributed by atoms with van der Waals surface area (Å²) >= 11 is 5.99. The second kappa shape index (κ2) is 10.8. The summed E-state index contributed by atoms with van der Waals surface area (Å²) in [5, 5.41) is 14.1. The maximum atomic E-state index is 13.4. The number of benzene rings is 3. The van der Waals surface area contributed by atoms with Crippen molar-refractivity contribution in [2.45, 2.75) is 25.8 Å². The number of fused-ring (bicyclic) bond motifs is 1. The Balaban J connectivity index is 1.66. The maximum absolute atomic E-state index is 13.4. The number of nitrogens with one attached hydrogen (secondary N) is 1. The number of carbonyl (C=O) groups excluding carboxylic acids is 2. The van der Waals surface area contributed by atoms with Gasteiger partial charge in [0, 0.05) is 21.7 Å². The van der Waals surface area contributed by atoms with Crippen molar-refractivity contribution >= 4 is 34.3 Å². The molecule has 0 fully saturated rings. The lowest BCUT2D eigenvalue weighted by Gasteiger charge is -2.16. The van der Waals surface area contributed by atoms with Gasteiger partial charge in [-0.1, -0.05) is 41.9 Å². The average Bonchev–Trinajstić information content (AvgIpc) is 3.14. The summed E-state index contributed by atoms with van der Waals surface area (Å²) in [5.74, 6) is 0.190. The van der Waals surface area contributed by atoms with Crippen molar-refractivity contribution < 1.29 is 19.4 Å². The van der Waals surface area contributed by atoms with Crippen LogP contribution in [0.2, 0.25) is 5.02 Å². The third-order valence-corrected chi connectivity index (χ3v) is 6.34. The first-order valence-corrected chi connectivity index (χ1v) is 11.7. The summed E-state index contributed by atoms with van der Waals surface area (Å²) in [7, 11) is 1.58. The molecule has 0 aliphatic carbocycles. The van der Waals surface area contributed by atoms with Gasteiger partial charge in [0.25, 0.3) is 5.91 Å². The Hall–Kier alpha value is -3.61. The minimum absolute atomic E-state index is 0.0572. The molecule has 4 aromatic rings. The van der Waals surface area contributed by atoms with Gasteiger partial charge in [-0.05, 0) is 66.9 Å². The van der Waals surface area contributed by atoms with Gasteiger partial charge in [-0.3, -0.25) is 14.2 Å². The summed E-state index contributed by atoms with van der Waals surface area (Å²) in [6.07, 6.45) is 0.578. The lowest BCUT2D eigenvalue weighted by molar-refractivity contribution is -0.121. The van der Waals surface area contributed by atoms with E-state index in [1.54, 1.807) is 42.0 Å². The third-order valence-electron chi connectivity index (χ3n) is 6.08. The largest absolute Gasteiger partial charge is 0.497 e. The molecule has 3 aromatic carbocycles. The number of hydrogen-bond acceptors (Lipinski definition) is 4. The molecule has 0 aliphatic rings. The Kier molecular flexibility index (Phi) is 7.54. The first-order valence-electron chi connectivity index (χ1n) is 11.3. The van der Waals surface area contributed by atoms with Crippen molar-refractivity contribution in [2.24, 2.45) is 0 Å². The van der Waals surface area contributed by atoms with E-state index in [0.29, 0.717) is 34.0 Å². The van der Waals surface area contributed by atoms with Crippen LogP contribution in [0.25, 0.3) is 10.9 Å². The number of ether oxygens (including phenoxy) is 1.